The first kappa shape index (κ1) is 7.42. The molecule has 0 atom stereocenters. The van der Waals surface area contributed by atoms with E-state index in [1.807, 2.05) is 6.07 Å². The Balaban J connectivity index is 3.15. The van der Waals surface area contributed by atoms with Gasteiger partial charge in [0.15, 0.2) is 0 Å². The van der Waals surface area contributed by atoms with Gasteiger partial charge in [-0.3, -0.25) is 0 Å². The number of nitriles is 1. The molecular formula is C8H7NO2. The fraction of sp³-hybridized carbons (Fsp3) is 0.125. The van der Waals surface area contributed by atoms with E-state index < -0.39 is 0 Å². The minimum Gasteiger partial charge on any atom is -0.507 e. The molecule has 0 aliphatic rings. The molecule has 0 aliphatic carbocycles. The SMILES string of the molecule is COc1ccc(O)c(C#N)c1. The molecule has 1 aromatic carbocycles. The van der Waals surface area contributed by atoms with Crippen LogP contribution in [0, 0.1) is 11.3 Å². The van der Waals surface area contributed by atoms with Gasteiger partial charge >= 0.3 is 0 Å². The van der Waals surface area contributed by atoms with Gasteiger partial charge in [-0.2, -0.15) is 5.26 Å². The number of rotatable bonds is 1. The predicted molar refractivity (Wildman–Crippen MR) is 39.4 cm³/mol. The third kappa shape index (κ3) is 1.41. The Morgan fingerprint density at radius 2 is 2.27 bits per heavy atom. The summed E-state index contributed by atoms with van der Waals surface area (Å²) in [4.78, 5) is 0. The maximum absolute atomic E-state index is 9.05. The van der Waals surface area contributed by atoms with Crippen molar-refractivity contribution in [2.24, 2.45) is 0 Å². The molecule has 1 rings (SSSR count). The summed E-state index contributed by atoms with van der Waals surface area (Å²) in [5, 5.41) is 17.5. The van der Waals surface area contributed by atoms with Crippen molar-refractivity contribution in [2.45, 2.75) is 0 Å². The number of methoxy groups -OCH3 is 1. The minimum absolute atomic E-state index is 0.0201. The summed E-state index contributed by atoms with van der Waals surface area (Å²) in [6.07, 6.45) is 0. The Hall–Kier alpha value is -1.69. The lowest BCUT2D eigenvalue weighted by atomic mass is 10.2. The highest BCUT2D eigenvalue weighted by molar-refractivity contribution is 5.46. The molecule has 1 N–H and O–H groups in total. The van der Waals surface area contributed by atoms with Crippen LogP contribution in [0.3, 0.4) is 0 Å². The highest BCUT2D eigenvalue weighted by Gasteiger charge is 2.00. The summed E-state index contributed by atoms with van der Waals surface area (Å²) < 4.78 is 4.85. The number of phenolic OH excluding ortho intramolecular Hbond substituents is 1. The molecule has 3 heteroatoms. The largest absolute Gasteiger partial charge is 0.507 e. The first-order valence-electron chi connectivity index (χ1n) is 3.05. The van der Waals surface area contributed by atoms with Crippen molar-refractivity contribution in [2.75, 3.05) is 7.11 Å². The minimum atomic E-state index is -0.0201. The third-order valence-electron chi connectivity index (χ3n) is 1.32. The van der Waals surface area contributed by atoms with Gasteiger partial charge in [-0.25, -0.2) is 0 Å². The molecule has 0 radical (unpaired) electrons. The van der Waals surface area contributed by atoms with Crippen LogP contribution in [0.4, 0.5) is 0 Å². The molecule has 0 aliphatic heterocycles. The van der Waals surface area contributed by atoms with E-state index in [0.29, 0.717) is 5.75 Å². The maximum Gasteiger partial charge on any atom is 0.133 e. The van der Waals surface area contributed by atoms with E-state index in [2.05, 4.69) is 0 Å². The standard InChI is InChI=1S/C8H7NO2/c1-11-7-2-3-8(10)6(4-7)5-9/h2-4,10H,1H3. The van der Waals surface area contributed by atoms with Gasteiger partial charge in [0.1, 0.15) is 17.6 Å². The summed E-state index contributed by atoms with van der Waals surface area (Å²) in [5.74, 6) is 0.549. The van der Waals surface area contributed by atoms with E-state index in [1.165, 1.54) is 19.2 Å². The Morgan fingerprint density at radius 3 is 2.82 bits per heavy atom. The summed E-state index contributed by atoms with van der Waals surface area (Å²) in [5.41, 5.74) is 0.226. The average Bonchev–Trinajstić information content (AvgIpc) is 2.05. The summed E-state index contributed by atoms with van der Waals surface area (Å²) in [6, 6.07) is 6.34. The van der Waals surface area contributed by atoms with Crippen LogP contribution in [0.5, 0.6) is 11.5 Å². The zero-order valence-corrected chi connectivity index (χ0v) is 6.03. The number of hydrogen-bond acceptors (Lipinski definition) is 3. The highest BCUT2D eigenvalue weighted by Crippen LogP contribution is 2.21. The number of phenols is 1. The monoisotopic (exact) mass is 149 g/mol. The summed E-state index contributed by atoms with van der Waals surface area (Å²) in [7, 11) is 1.51. The van der Waals surface area contributed by atoms with E-state index >= 15 is 0 Å². The van der Waals surface area contributed by atoms with Crippen molar-refractivity contribution in [3.63, 3.8) is 0 Å². The Bertz CT molecular complexity index is 301. The summed E-state index contributed by atoms with van der Waals surface area (Å²) >= 11 is 0. The van der Waals surface area contributed by atoms with E-state index in [0.717, 1.165) is 0 Å². The average molecular weight is 149 g/mol. The molecule has 0 aromatic heterocycles. The smallest absolute Gasteiger partial charge is 0.133 e. The zero-order chi connectivity index (χ0) is 8.27. The maximum atomic E-state index is 9.05. The van der Waals surface area contributed by atoms with Crippen molar-refractivity contribution in [3.8, 4) is 17.6 Å². The lowest BCUT2D eigenvalue weighted by Crippen LogP contribution is -1.83. The first-order valence-corrected chi connectivity index (χ1v) is 3.05. The van der Waals surface area contributed by atoms with Crippen molar-refractivity contribution >= 4 is 0 Å². The van der Waals surface area contributed by atoms with Crippen molar-refractivity contribution in [1.82, 2.24) is 0 Å². The summed E-state index contributed by atoms with van der Waals surface area (Å²) in [6.45, 7) is 0. The molecule has 0 unspecified atom stereocenters. The highest BCUT2D eigenvalue weighted by atomic mass is 16.5. The zero-order valence-electron chi connectivity index (χ0n) is 6.03. The molecular weight excluding hydrogens is 142 g/mol. The second-order valence-corrected chi connectivity index (χ2v) is 1.99. The van der Waals surface area contributed by atoms with Gasteiger partial charge in [0.25, 0.3) is 0 Å². The molecule has 0 amide bonds. The van der Waals surface area contributed by atoms with Gasteiger partial charge in [-0.15, -0.1) is 0 Å². The third-order valence-corrected chi connectivity index (χ3v) is 1.32. The quantitative estimate of drug-likeness (QED) is 0.654. The molecule has 0 saturated carbocycles. The fourth-order valence-electron chi connectivity index (χ4n) is 0.732. The Labute approximate surface area is 64.5 Å². The molecule has 1 aromatic rings. The molecule has 0 bridgehead atoms. The molecule has 0 saturated heterocycles. The van der Waals surface area contributed by atoms with E-state index in [4.69, 9.17) is 15.1 Å². The normalized spacial score (nSPS) is 8.73. The van der Waals surface area contributed by atoms with Crippen molar-refractivity contribution in [1.29, 1.82) is 5.26 Å². The van der Waals surface area contributed by atoms with Crippen molar-refractivity contribution < 1.29 is 9.84 Å². The van der Waals surface area contributed by atoms with E-state index in [1.54, 1.807) is 6.07 Å². The second-order valence-electron chi connectivity index (χ2n) is 1.99. The van der Waals surface area contributed by atoms with Crippen LogP contribution in [0.25, 0.3) is 0 Å². The Kier molecular flexibility index (Phi) is 1.98. The van der Waals surface area contributed by atoms with Gasteiger partial charge in [-0.05, 0) is 12.1 Å². The molecule has 0 spiro atoms. The van der Waals surface area contributed by atoms with Gasteiger partial charge in [0.05, 0.1) is 12.7 Å². The van der Waals surface area contributed by atoms with Gasteiger partial charge in [-0.1, -0.05) is 0 Å². The topological polar surface area (TPSA) is 53.2 Å². The number of nitrogens with zero attached hydrogens (tertiary/aromatic N) is 1. The molecule has 0 fully saturated rings. The number of hydrogen-bond donors (Lipinski definition) is 1. The van der Waals surface area contributed by atoms with Crippen LogP contribution in [-0.4, -0.2) is 12.2 Å². The van der Waals surface area contributed by atoms with Crippen molar-refractivity contribution in [3.05, 3.63) is 23.8 Å². The van der Waals surface area contributed by atoms with Crippen LogP contribution < -0.4 is 4.74 Å². The van der Waals surface area contributed by atoms with E-state index in [9.17, 15) is 0 Å². The number of aromatic hydroxyl groups is 1. The van der Waals surface area contributed by atoms with E-state index in [-0.39, 0.29) is 11.3 Å². The van der Waals surface area contributed by atoms with Crippen LogP contribution in [0.15, 0.2) is 18.2 Å². The van der Waals surface area contributed by atoms with Crippen LogP contribution in [0.1, 0.15) is 5.56 Å². The van der Waals surface area contributed by atoms with Crippen LogP contribution in [-0.2, 0) is 0 Å². The fourth-order valence-corrected chi connectivity index (χ4v) is 0.732. The lowest BCUT2D eigenvalue weighted by molar-refractivity contribution is 0.412. The van der Waals surface area contributed by atoms with Gasteiger partial charge < -0.3 is 9.84 Å². The predicted octanol–water partition coefficient (Wildman–Crippen LogP) is 1.27. The molecule has 11 heavy (non-hydrogen) atoms. The van der Waals surface area contributed by atoms with Gasteiger partial charge in [0.2, 0.25) is 0 Å². The Morgan fingerprint density at radius 1 is 1.55 bits per heavy atom. The first-order chi connectivity index (χ1) is 5.27. The number of ether oxygens (including phenoxy) is 1. The number of benzene rings is 1. The van der Waals surface area contributed by atoms with Crippen LogP contribution in [0.2, 0.25) is 0 Å². The molecule has 3 nitrogen and oxygen atoms in total. The van der Waals surface area contributed by atoms with Crippen LogP contribution >= 0.6 is 0 Å². The molecule has 0 heterocycles. The lowest BCUT2D eigenvalue weighted by Gasteiger charge is -1.99. The molecule has 56 valence electrons. The van der Waals surface area contributed by atoms with Gasteiger partial charge in [0, 0.05) is 6.07 Å². The second kappa shape index (κ2) is 2.93.